The average molecular weight is 291 g/mol. The Morgan fingerprint density at radius 2 is 2.05 bits per heavy atom. The van der Waals surface area contributed by atoms with Crippen LogP contribution in [0.5, 0.6) is 0 Å². The molecule has 0 amide bonds. The molecule has 0 saturated heterocycles. The zero-order valence-corrected chi connectivity index (χ0v) is 14.6. The number of aromatic nitrogens is 2. The summed E-state index contributed by atoms with van der Waals surface area (Å²) in [5.41, 5.74) is 2.91. The minimum absolute atomic E-state index is 0.125. The van der Waals surface area contributed by atoms with Crippen molar-refractivity contribution < 1.29 is 0 Å². The normalized spacial score (nSPS) is 16.8. The second kappa shape index (κ2) is 6.95. The monoisotopic (exact) mass is 291 g/mol. The van der Waals surface area contributed by atoms with Crippen LogP contribution < -0.4 is 5.32 Å². The first-order valence-electron chi connectivity index (χ1n) is 8.76. The molecule has 2 rings (SSSR count). The maximum absolute atomic E-state index is 4.99. The van der Waals surface area contributed by atoms with Gasteiger partial charge in [0.05, 0.1) is 5.69 Å². The molecule has 3 heteroatoms. The minimum atomic E-state index is 0.125. The molecule has 120 valence electrons. The second-order valence-electron chi connectivity index (χ2n) is 7.53. The first-order valence-corrected chi connectivity index (χ1v) is 8.76. The number of hydrogen-bond acceptors (Lipinski definition) is 2. The molecule has 0 aromatic carbocycles. The smallest absolute Gasteiger partial charge is 0.114 e. The van der Waals surface area contributed by atoms with Gasteiger partial charge in [-0.05, 0) is 12.3 Å². The van der Waals surface area contributed by atoms with Crippen molar-refractivity contribution in [1.82, 2.24) is 14.9 Å². The molecule has 1 atom stereocenters. The zero-order valence-electron chi connectivity index (χ0n) is 14.6. The molecular formula is C18H33N3. The fourth-order valence-corrected chi connectivity index (χ4v) is 3.32. The molecule has 0 aliphatic carbocycles. The lowest BCUT2D eigenvalue weighted by atomic mass is 9.94. The van der Waals surface area contributed by atoms with Crippen LogP contribution in [0.25, 0.3) is 0 Å². The quantitative estimate of drug-likeness (QED) is 0.857. The Bertz CT molecular complexity index is 454. The molecule has 0 bridgehead atoms. The lowest BCUT2D eigenvalue weighted by molar-refractivity contribution is 0.363. The van der Waals surface area contributed by atoms with Crippen molar-refractivity contribution in [2.75, 3.05) is 6.54 Å². The molecule has 2 heterocycles. The molecule has 3 nitrogen and oxygen atoms in total. The Morgan fingerprint density at radius 1 is 1.29 bits per heavy atom. The van der Waals surface area contributed by atoms with Crippen LogP contribution in [-0.4, -0.2) is 16.1 Å². The van der Waals surface area contributed by atoms with Crippen LogP contribution in [0.1, 0.15) is 77.5 Å². The van der Waals surface area contributed by atoms with E-state index in [1.54, 1.807) is 0 Å². The SMILES string of the molecule is CCCCC(CC)Cn1c(C(C)(C)C)nc2c1CCNC2. The van der Waals surface area contributed by atoms with Crippen LogP contribution in [0.2, 0.25) is 0 Å². The first kappa shape index (κ1) is 16.5. The van der Waals surface area contributed by atoms with Crippen LogP contribution in [0.15, 0.2) is 0 Å². The summed E-state index contributed by atoms with van der Waals surface area (Å²) < 4.78 is 2.57. The van der Waals surface area contributed by atoms with E-state index < -0.39 is 0 Å². The molecule has 1 N–H and O–H groups in total. The van der Waals surface area contributed by atoms with Gasteiger partial charge in [0.1, 0.15) is 5.82 Å². The number of unbranched alkanes of at least 4 members (excludes halogenated alkanes) is 1. The summed E-state index contributed by atoms with van der Waals surface area (Å²) in [7, 11) is 0. The van der Waals surface area contributed by atoms with Crippen LogP contribution in [0.3, 0.4) is 0 Å². The standard InChI is InChI=1S/C18H33N3/c1-6-8-9-14(7-2)13-21-16-10-11-19-12-15(16)20-17(21)18(3,4)5/h14,19H,6-13H2,1-5H3. The molecule has 0 spiro atoms. The predicted octanol–water partition coefficient (Wildman–Crippen LogP) is 4.04. The van der Waals surface area contributed by atoms with E-state index in [1.807, 2.05) is 0 Å². The van der Waals surface area contributed by atoms with Crippen molar-refractivity contribution in [2.45, 2.75) is 85.2 Å². The van der Waals surface area contributed by atoms with Gasteiger partial charge in [-0.25, -0.2) is 4.98 Å². The number of rotatable bonds is 6. The Kier molecular flexibility index (Phi) is 5.48. The molecule has 1 aromatic heterocycles. The van der Waals surface area contributed by atoms with Gasteiger partial charge in [-0.3, -0.25) is 0 Å². The molecule has 1 aliphatic rings. The van der Waals surface area contributed by atoms with Crippen LogP contribution in [-0.2, 0) is 24.9 Å². The Labute approximate surface area is 130 Å². The van der Waals surface area contributed by atoms with Crippen LogP contribution in [0, 0.1) is 5.92 Å². The van der Waals surface area contributed by atoms with Crippen molar-refractivity contribution in [1.29, 1.82) is 0 Å². The maximum atomic E-state index is 4.99. The number of nitrogens with one attached hydrogen (secondary N) is 1. The summed E-state index contributed by atoms with van der Waals surface area (Å²) in [5.74, 6) is 2.07. The third-order valence-corrected chi connectivity index (χ3v) is 4.64. The van der Waals surface area contributed by atoms with Crippen LogP contribution >= 0.6 is 0 Å². The highest BCUT2D eigenvalue weighted by molar-refractivity contribution is 5.23. The number of imidazole rings is 1. The zero-order chi connectivity index (χ0) is 15.5. The summed E-state index contributed by atoms with van der Waals surface area (Å²) in [6.07, 6.45) is 6.40. The summed E-state index contributed by atoms with van der Waals surface area (Å²) in [4.78, 5) is 4.99. The lowest BCUT2D eigenvalue weighted by Crippen LogP contribution is -2.27. The highest BCUT2D eigenvalue weighted by Crippen LogP contribution is 2.28. The van der Waals surface area contributed by atoms with Crippen molar-refractivity contribution in [3.8, 4) is 0 Å². The van der Waals surface area contributed by atoms with Crippen LogP contribution in [0.4, 0.5) is 0 Å². The number of hydrogen-bond donors (Lipinski definition) is 1. The number of fused-ring (bicyclic) bond motifs is 1. The van der Waals surface area contributed by atoms with Crippen molar-refractivity contribution in [3.63, 3.8) is 0 Å². The molecule has 0 fully saturated rings. The average Bonchev–Trinajstić information content (AvgIpc) is 2.82. The largest absolute Gasteiger partial charge is 0.331 e. The second-order valence-corrected chi connectivity index (χ2v) is 7.53. The van der Waals surface area contributed by atoms with Gasteiger partial charge in [0.2, 0.25) is 0 Å². The topological polar surface area (TPSA) is 29.9 Å². The van der Waals surface area contributed by atoms with Gasteiger partial charge >= 0.3 is 0 Å². The summed E-state index contributed by atoms with van der Waals surface area (Å²) in [6, 6.07) is 0. The molecule has 21 heavy (non-hydrogen) atoms. The van der Waals surface area contributed by atoms with E-state index in [1.165, 1.54) is 42.9 Å². The van der Waals surface area contributed by atoms with E-state index in [0.29, 0.717) is 0 Å². The van der Waals surface area contributed by atoms with Gasteiger partial charge in [0, 0.05) is 37.2 Å². The van der Waals surface area contributed by atoms with Gasteiger partial charge in [-0.2, -0.15) is 0 Å². The van der Waals surface area contributed by atoms with E-state index >= 15 is 0 Å². The first-order chi connectivity index (χ1) is 9.97. The highest BCUT2D eigenvalue weighted by Gasteiger charge is 2.27. The van der Waals surface area contributed by atoms with E-state index in [9.17, 15) is 0 Å². The van der Waals surface area contributed by atoms with Gasteiger partial charge in [-0.15, -0.1) is 0 Å². The third kappa shape index (κ3) is 3.88. The maximum Gasteiger partial charge on any atom is 0.114 e. The molecule has 1 unspecified atom stereocenters. The Hall–Kier alpha value is -0.830. The van der Waals surface area contributed by atoms with Gasteiger partial charge in [0.25, 0.3) is 0 Å². The van der Waals surface area contributed by atoms with E-state index in [2.05, 4.69) is 44.5 Å². The summed E-state index contributed by atoms with van der Waals surface area (Å²) in [6.45, 7) is 14.7. The van der Waals surface area contributed by atoms with E-state index in [0.717, 1.165) is 32.0 Å². The molecule has 0 radical (unpaired) electrons. The Morgan fingerprint density at radius 3 is 2.67 bits per heavy atom. The van der Waals surface area contributed by atoms with Gasteiger partial charge < -0.3 is 9.88 Å². The summed E-state index contributed by atoms with van der Waals surface area (Å²) >= 11 is 0. The van der Waals surface area contributed by atoms with E-state index in [-0.39, 0.29) is 5.41 Å². The van der Waals surface area contributed by atoms with Gasteiger partial charge in [-0.1, -0.05) is 53.9 Å². The van der Waals surface area contributed by atoms with Crippen molar-refractivity contribution in [2.24, 2.45) is 5.92 Å². The molecular weight excluding hydrogens is 258 g/mol. The summed E-state index contributed by atoms with van der Waals surface area (Å²) in [5, 5.41) is 3.46. The predicted molar refractivity (Wildman–Crippen MR) is 89.6 cm³/mol. The van der Waals surface area contributed by atoms with E-state index in [4.69, 9.17) is 4.98 Å². The Balaban J connectivity index is 2.29. The minimum Gasteiger partial charge on any atom is -0.331 e. The van der Waals surface area contributed by atoms with Crippen molar-refractivity contribution in [3.05, 3.63) is 17.2 Å². The molecule has 1 aromatic rings. The number of nitrogens with zero attached hydrogens (tertiary/aromatic N) is 2. The fraction of sp³-hybridized carbons (Fsp3) is 0.833. The highest BCUT2D eigenvalue weighted by atomic mass is 15.1. The lowest BCUT2D eigenvalue weighted by Gasteiger charge is -2.25. The van der Waals surface area contributed by atoms with Gasteiger partial charge in [0.15, 0.2) is 0 Å². The molecule has 1 aliphatic heterocycles. The van der Waals surface area contributed by atoms with Crippen molar-refractivity contribution >= 4 is 0 Å². The third-order valence-electron chi connectivity index (χ3n) is 4.64. The fourth-order valence-electron chi connectivity index (χ4n) is 3.32. The molecule has 0 saturated carbocycles.